The van der Waals surface area contributed by atoms with Gasteiger partial charge in [0.2, 0.25) is 0 Å². The first-order valence-electron chi connectivity index (χ1n) is 6.70. The van der Waals surface area contributed by atoms with Crippen LogP contribution in [0.5, 0.6) is 0 Å². The van der Waals surface area contributed by atoms with Crippen LogP contribution in [0.1, 0.15) is 72.1 Å². The van der Waals surface area contributed by atoms with Crippen molar-refractivity contribution in [1.29, 1.82) is 0 Å². The van der Waals surface area contributed by atoms with Crippen molar-refractivity contribution in [2.24, 2.45) is 0 Å². The average molecular weight is 208 g/mol. The van der Waals surface area contributed by atoms with E-state index in [1.807, 2.05) is 0 Å². The summed E-state index contributed by atoms with van der Waals surface area (Å²) in [6.07, 6.45) is 17.5. The molecule has 0 heteroatoms. The summed E-state index contributed by atoms with van der Waals surface area (Å²) in [5.74, 6) is 0. The van der Waals surface area contributed by atoms with E-state index in [0.717, 1.165) is 6.42 Å². The van der Waals surface area contributed by atoms with E-state index < -0.39 is 0 Å². The summed E-state index contributed by atoms with van der Waals surface area (Å²) < 4.78 is 0. The fraction of sp³-hybridized carbons (Fsp3) is 0.733. The van der Waals surface area contributed by atoms with Crippen molar-refractivity contribution in [2.45, 2.75) is 72.1 Å². The number of allylic oxidation sites excluding steroid dienone is 4. The maximum atomic E-state index is 2.34. The summed E-state index contributed by atoms with van der Waals surface area (Å²) in [5.41, 5.74) is 1.49. The Morgan fingerprint density at radius 1 is 0.933 bits per heavy atom. The summed E-state index contributed by atoms with van der Waals surface area (Å²) in [4.78, 5) is 0. The van der Waals surface area contributed by atoms with Crippen LogP contribution >= 0.6 is 0 Å². The molecule has 0 rings (SSSR count). The summed E-state index contributed by atoms with van der Waals surface area (Å²) in [6.45, 7) is 6.70. The first kappa shape index (κ1) is 14.5. The summed E-state index contributed by atoms with van der Waals surface area (Å²) >= 11 is 0. The number of unbranched alkanes of at least 4 members (excludes halogenated alkanes) is 5. The quantitative estimate of drug-likeness (QED) is 0.339. The maximum absolute atomic E-state index is 2.34. The molecule has 0 aromatic heterocycles. The lowest BCUT2D eigenvalue weighted by atomic mass is 10.1. The smallest absolute Gasteiger partial charge is 0.0311 e. The van der Waals surface area contributed by atoms with Gasteiger partial charge in [0.25, 0.3) is 0 Å². The third-order valence-electron chi connectivity index (χ3n) is 2.68. The van der Waals surface area contributed by atoms with Crippen LogP contribution in [0.25, 0.3) is 0 Å². The van der Waals surface area contributed by atoms with Gasteiger partial charge >= 0.3 is 0 Å². The topological polar surface area (TPSA) is 0 Å². The van der Waals surface area contributed by atoms with Crippen molar-refractivity contribution in [3.05, 3.63) is 23.8 Å². The van der Waals surface area contributed by atoms with Gasteiger partial charge in [0, 0.05) is 0 Å². The van der Waals surface area contributed by atoms with E-state index in [2.05, 4.69) is 39.0 Å². The van der Waals surface area contributed by atoms with E-state index in [0.29, 0.717) is 0 Å². The van der Waals surface area contributed by atoms with E-state index in [1.165, 1.54) is 50.5 Å². The van der Waals surface area contributed by atoms with Crippen LogP contribution in [-0.4, -0.2) is 0 Å². The second kappa shape index (κ2) is 11.6. The molecule has 0 N–H and O–H groups in total. The lowest BCUT2D eigenvalue weighted by molar-refractivity contribution is 0.637. The Balaban J connectivity index is 3.48. The third-order valence-corrected chi connectivity index (χ3v) is 2.68. The zero-order valence-corrected chi connectivity index (χ0v) is 10.9. The molecule has 0 amide bonds. The molecule has 0 aromatic rings. The van der Waals surface area contributed by atoms with Gasteiger partial charge in [0.15, 0.2) is 0 Å². The normalized spacial score (nSPS) is 12.6. The third kappa shape index (κ3) is 9.78. The first-order valence-corrected chi connectivity index (χ1v) is 6.70. The van der Waals surface area contributed by atoms with Gasteiger partial charge < -0.3 is 0 Å². The molecule has 0 aliphatic carbocycles. The molecule has 0 aliphatic rings. The van der Waals surface area contributed by atoms with E-state index in [-0.39, 0.29) is 0 Å². The van der Waals surface area contributed by atoms with E-state index >= 15 is 0 Å². The lowest BCUT2D eigenvalue weighted by Crippen LogP contribution is -1.77. The molecule has 0 aromatic carbocycles. The Hall–Kier alpha value is -0.520. The monoisotopic (exact) mass is 208 g/mol. The minimum absolute atomic E-state index is 1.16. The van der Waals surface area contributed by atoms with Crippen LogP contribution in [0, 0.1) is 0 Å². The zero-order chi connectivity index (χ0) is 11.4. The van der Waals surface area contributed by atoms with Crippen molar-refractivity contribution in [3.63, 3.8) is 0 Å². The van der Waals surface area contributed by atoms with Crippen molar-refractivity contribution < 1.29 is 0 Å². The largest absolute Gasteiger partial charge is 0.0843 e. The van der Waals surface area contributed by atoms with E-state index in [1.54, 1.807) is 0 Å². The van der Waals surface area contributed by atoms with Crippen molar-refractivity contribution in [2.75, 3.05) is 0 Å². The minimum Gasteiger partial charge on any atom is -0.0843 e. The van der Waals surface area contributed by atoms with Gasteiger partial charge in [-0.25, -0.2) is 0 Å². The molecule has 0 heterocycles. The highest BCUT2D eigenvalue weighted by Crippen LogP contribution is 2.08. The fourth-order valence-corrected chi connectivity index (χ4v) is 1.69. The van der Waals surface area contributed by atoms with Crippen LogP contribution in [0.3, 0.4) is 0 Å². The highest BCUT2D eigenvalue weighted by Gasteiger charge is 1.88. The maximum Gasteiger partial charge on any atom is -0.0311 e. The van der Waals surface area contributed by atoms with Gasteiger partial charge in [-0.2, -0.15) is 0 Å². The molecule has 0 unspecified atom stereocenters. The lowest BCUT2D eigenvalue weighted by Gasteiger charge is -1.98. The van der Waals surface area contributed by atoms with Gasteiger partial charge in [-0.15, -0.1) is 0 Å². The molecular weight excluding hydrogens is 180 g/mol. The molecule has 0 aliphatic heterocycles. The van der Waals surface area contributed by atoms with E-state index in [4.69, 9.17) is 0 Å². The van der Waals surface area contributed by atoms with Gasteiger partial charge in [-0.05, 0) is 25.7 Å². The van der Waals surface area contributed by atoms with Gasteiger partial charge in [0.1, 0.15) is 0 Å². The molecule has 0 saturated heterocycles. The van der Waals surface area contributed by atoms with Crippen LogP contribution in [0.2, 0.25) is 0 Å². The highest BCUT2D eigenvalue weighted by atomic mass is 13.9. The zero-order valence-electron chi connectivity index (χ0n) is 10.9. The molecule has 0 fully saturated rings. The molecule has 0 saturated carbocycles. The van der Waals surface area contributed by atoms with Gasteiger partial charge in [-0.3, -0.25) is 0 Å². The molecule has 0 atom stereocenters. The molecule has 88 valence electrons. The van der Waals surface area contributed by atoms with Gasteiger partial charge in [0.05, 0.1) is 0 Å². The standard InChI is InChI=1S/C15H28/c1-4-7-8-9-10-11-12-14-15(6-3)13-5-2/h12-14H,4-11H2,1-3H3/b14-12+,15-13?. The molecule has 0 spiro atoms. The minimum atomic E-state index is 1.16. The molecular formula is C15H28. The fourth-order valence-electron chi connectivity index (χ4n) is 1.69. The summed E-state index contributed by atoms with van der Waals surface area (Å²) in [6, 6.07) is 0. The van der Waals surface area contributed by atoms with E-state index in [9.17, 15) is 0 Å². The highest BCUT2D eigenvalue weighted by molar-refractivity contribution is 5.17. The molecule has 15 heavy (non-hydrogen) atoms. The Labute approximate surface area is 96.5 Å². The van der Waals surface area contributed by atoms with Crippen molar-refractivity contribution >= 4 is 0 Å². The van der Waals surface area contributed by atoms with Crippen molar-refractivity contribution in [1.82, 2.24) is 0 Å². The number of rotatable bonds is 9. The van der Waals surface area contributed by atoms with Crippen LogP contribution in [0.4, 0.5) is 0 Å². The Kier molecular flexibility index (Phi) is 11.2. The predicted molar refractivity (Wildman–Crippen MR) is 71.2 cm³/mol. The van der Waals surface area contributed by atoms with Gasteiger partial charge in [-0.1, -0.05) is 70.3 Å². The Morgan fingerprint density at radius 2 is 1.67 bits per heavy atom. The van der Waals surface area contributed by atoms with Crippen LogP contribution in [-0.2, 0) is 0 Å². The number of hydrogen-bond acceptors (Lipinski definition) is 0. The van der Waals surface area contributed by atoms with Crippen LogP contribution < -0.4 is 0 Å². The molecule has 0 radical (unpaired) electrons. The Morgan fingerprint density at radius 3 is 2.27 bits per heavy atom. The predicted octanol–water partition coefficient (Wildman–Crippen LogP) is 5.65. The average Bonchev–Trinajstić information content (AvgIpc) is 2.26. The summed E-state index contributed by atoms with van der Waals surface area (Å²) in [5, 5.41) is 0. The SMILES string of the molecule is CCC=C(/C=C/CCCCCCC)CC. The Bertz CT molecular complexity index is 174. The first-order chi connectivity index (χ1) is 7.35. The second-order valence-electron chi connectivity index (χ2n) is 4.15. The number of hydrogen-bond donors (Lipinski definition) is 0. The summed E-state index contributed by atoms with van der Waals surface area (Å²) in [7, 11) is 0. The second-order valence-corrected chi connectivity index (χ2v) is 4.15. The van der Waals surface area contributed by atoms with Crippen LogP contribution in [0.15, 0.2) is 23.8 Å². The molecule has 0 nitrogen and oxygen atoms in total. The van der Waals surface area contributed by atoms with Crippen molar-refractivity contribution in [3.8, 4) is 0 Å². The molecule has 0 bridgehead atoms.